The SMILES string of the molecule is COC(=O)c1c(C(F)(F)F)nc(C)c(C(=O)O)c1-c1cccc([N+](=O)[O-])c1. The first kappa shape index (κ1) is 19.8. The van der Waals surface area contributed by atoms with E-state index in [1.807, 2.05) is 0 Å². The zero-order chi connectivity index (χ0) is 20.5. The van der Waals surface area contributed by atoms with E-state index in [9.17, 15) is 38.0 Å². The number of pyridine rings is 1. The Bertz CT molecular complexity index is 956. The Morgan fingerprint density at radius 3 is 2.37 bits per heavy atom. The van der Waals surface area contributed by atoms with Crippen LogP contribution in [-0.4, -0.2) is 34.1 Å². The minimum Gasteiger partial charge on any atom is -0.478 e. The molecule has 27 heavy (non-hydrogen) atoms. The highest BCUT2D eigenvalue weighted by Crippen LogP contribution is 2.39. The van der Waals surface area contributed by atoms with E-state index < -0.39 is 56.8 Å². The van der Waals surface area contributed by atoms with E-state index >= 15 is 0 Å². The number of alkyl halides is 3. The number of aryl methyl sites for hydroxylation is 1. The van der Waals surface area contributed by atoms with Crippen molar-refractivity contribution >= 4 is 17.6 Å². The Kier molecular flexibility index (Phi) is 5.15. The molecular formula is C16H11F3N2O6. The van der Waals surface area contributed by atoms with Crippen LogP contribution < -0.4 is 0 Å². The van der Waals surface area contributed by atoms with Crippen LogP contribution in [0.25, 0.3) is 11.1 Å². The number of nitro groups is 1. The molecule has 0 radical (unpaired) electrons. The van der Waals surface area contributed by atoms with Gasteiger partial charge in [0.25, 0.3) is 5.69 Å². The van der Waals surface area contributed by atoms with Crippen LogP contribution in [0.3, 0.4) is 0 Å². The number of rotatable bonds is 4. The van der Waals surface area contributed by atoms with Crippen molar-refractivity contribution in [2.75, 3.05) is 7.11 Å². The number of carboxylic acid groups (broad SMARTS) is 1. The molecule has 0 bridgehead atoms. The summed E-state index contributed by atoms with van der Waals surface area (Å²) < 4.78 is 44.7. The van der Waals surface area contributed by atoms with Gasteiger partial charge in [0.15, 0.2) is 5.69 Å². The van der Waals surface area contributed by atoms with Gasteiger partial charge in [0.05, 0.1) is 28.9 Å². The number of aromatic carboxylic acids is 1. The molecule has 0 aliphatic heterocycles. The first-order valence-corrected chi connectivity index (χ1v) is 7.17. The van der Waals surface area contributed by atoms with Crippen molar-refractivity contribution in [1.29, 1.82) is 0 Å². The molecule has 0 aliphatic rings. The minimum atomic E-state index is -5.10. The van der Waals surface area contributed by atoms with Gasteiger partial charge in [0.2, 0.25) is 0 Å². The van der Waals surface area contributed by atoms with E-state index in [0.29, 0.717) is 0 Å². The van der Waals surface area contributed by atoms with Crippen LogP contribution in [0.2, 0.25) is 0 Å². The van der Waals surface area contributed by atoms with Crippen LogP contribution in [0.5, 0.6) is 0 Å². The van der Waals surface area contributed by atoms with Gasteiger partial charge in [-0.1, -0.05) is 12.1 Å². The Hall–Kier alpha value is -3.50. The number of esters is 1. The van der Waals surface area contributed by atoms with E-state index in [1.54, 1.807) is 0 Å². The third kappa shape index (κ3) is 3.71. The molecule has 2 aromatic rings. The summed E-state index contributed by atoms with van der Waals surface area (Å²) in [6, 6.07) is 4.25. The summed E-state index contributed by atoms with van der Waals surface area (Å²) in [4.78, 5) is 37.2. The third-order valence-electron chi connectivity index (χ3n) is 3.60. The smallest absolute Gasteiger partial charge is 0.434 e. The molecule has 0 fully saturated rings. The van der Waals surface area contributed by atoms with Crippen molar-refractivity contribution in [2.24, 2.45) is 0 Å². The average Bonchev–Trinajstić information content (AvgIpc) is 2.59. The van der Waals surface area contributed by atoms with Crippen molar-refractivity contribution in [2.45, 2.75) is 13.1 Å². The maximum absolute atomic E-state index is 13.4. The van der Waals surface area contributed by atoms with Gasteiger partial charge in [-0.2, -0.15) is 13.2 Å². The van der Waals surface area contributed by atoms with Gasteiger partial charge in [-0.05, 0) is 12.5 Å². The molecule has 1 heterocycles. The number of aromatic nitrogens is 1. The molecule has 0 atom stereocenters. The summed E-state index contributed by atoms with van der Waals surface area (Å²) in [6.07, 6.45) is -5.10. The van der Waals surface area contributed by atoms with Gasteiger partial charge in [0.1, 0.15) is 0 Å². The number of hydrogen-bond acceptors (Lipinski definition) is 6. The van der Waals surface area contributed by atoms with Gasteiger partial charge in [-0.3, -0.25) is 10.1 Å². The quantitative estimate of drug-likeness (QED) is 0.487. The van der Waals surface area contributed by atoms with E-state index in [0.717, 1.165) is 38.3 Å². The second-order valence-corrected chi connectivity index (χ2v) is 5.27. The molecule has 0 amide bonds. The monoisotopic (exact) mass is 384 g/mol. The number of carboxylic acids is 1. The number of ether oxygens (including phenoxy) is 1. The fourth-order valence-corrected chi connectivity index (χ4v) is 2.54. The molecule has 0 spiro atoms. The lowest BCUT2D eigenvalue weighted by Gasteiger charge is -2.18. The van der Waals surface area contributed by atoms with Crippen LogP contribution in [0.4, 0.5) is 18.9 Å². The highest BCUT2D eigenvalue weighted by molar-refractivity contribution is 6.06. The molecular weight excluding hydrogens is 373 g/mol. The van der Waals surface area contributed by atoms with E-state index in [4.69, 9.17) is 0 Å². The summed E-state index contributed by atoms with van der Waals surface area (Å²) in [5, 5.41) is 20.4. The zero-order valence-electron chi connectivity index (χ0n) is 13.8. The first-order valence-electron chi connectivity index (χ1n) is 7.17. The molecule has 1 aromatic heterocycles. The fraction of sp³-hybridized carbons (Fsp3) is 0.188. The molecule has 142 valence electrons. The summed E-state index contributed by atoms with van der Waals surface area (Å²) >= 11 is 0. The number of nitrogens with zero attached hydrogens (tertiary/aromatic N) is 2. The third-order valence-corrected chi connectivity index (χ3v) is 3.60. The average molecular weight is 384 g/mol. The van der Waals surface area contributed by atoms with Crippen LogP contribution >= 0.6 is 0 Å². The summed E-state index contributed by atoms with van der Waals surface area (Å²) in [5.74, 6) is -3.13. The Morgan fingerprint density at radius 2 is 1.89 bits per heavy atom. The standard InChI is InChI=1S/C16H11F3N2O6/c1-7-10(14(22)23)11(8-4-3-5-9(6-8)21(25)26)12(15(24)27-2)13(20-7)16(17,18)19/h3-6H,1-2H3,(H,22,23). The van der Waals surface area contributed by atoms with Gasteiger partial charge in [-0.15, -0.1) is 0 Å². The predicted octanol–water partition coefficient (Wildman–Crippen LogP) is 3.47. The van der Waals surface area contributed by atoms with Gasteiger partial charge in [0, 0.05) is 17.7 Å². The molecule has 11 heteroatoms. The molecule has 8 nitrogen and oxygen atoms in total. The second kappa shape index (κ2) is 7.02. The number of carbonyl (C=O) groups excluding carboxylic acids is 1. The maximum atomic E-state index is 13.4. The van der Waals surface area contributed by atoms with E-state index in [2.05, 4.69) is 9.72 Å². The molecule has 1 N–H and O–H groups in total. The van der Waals surface area contributed by atoms with Crippen LogP contribution in [-0.2, 0) is 10.9 Å². The van der Waals surface area contributed by atoms with Crippen LogP contribution in [0.15, 0.2) is 24.3 Å². The lowest BCUT2D eigenvalue weighted by molar-refractivity contribution is -0.384. The van der Waals surface area contributed by atoms with Crippen LogP contribution in [0, 0.1) is 17.0 Å². The topological polar surface area (TPSA) is 120 Å². The largest absolute Gasteiger partial charge is 0.478 e. The highest BCUT2D eigenvalue weighted by atomic mass is 19.4. The Balaban J connectivity index is 3.06. The second-order valence-electron chi connectivity index (χ2n) is 5.27. The van der Waals surface area contributed by atoms with Crippen molar-refractivity contribution in [3.05, 3.63) is 56.9 Å². The molecule has 0 saturated carbocycles. The number of nitro benzene ring substituents is 1. The number of carbonyl (C=O) groups is 2. The highest BCUT2D eigenvalue weighted by Gasteiger charge is 2.41. The summed E-state index contributed by atoms with van der Waals surface area (Å²) in [6.45, 7) is 1.03. The Labute approximate surface area is 149 Å². The normalized spacial score (nSPS) is 11.1. The molecule has 0 unspecified atom stereocenters. The van der Waals surface area contributed by atoms with Gasteiger partial charge >= 0.3 is 18.1 Å². The van der Waals surface area contributed by atoms with Gasteiger partial charge < -0.3 is 9.84 Å². The van der Waals surface area contributed by atoms with E-state index in [1.165, 1.54) is 0 Å². The van der Waals surface area contributed by atoms with Crippen molar-refractivity contribution in [3.8, 4) is 11.1 Å². The minimum absolute atomic E-state index is 0.266. The summed E-state index contributed by atoms with van der Waals surface area (Å²) in [7, 11) is 0.819. The lowest BCUT2D eigenvalue weighted by atomic mass is 9.91. The Morgan fingerprint density at radius 1 is 1.26 bits per heavy atom. The number of non-ortho nitro benzene ring substituents is 1. The van der Waals surface area contributed by atoms with E-state index in [-0.39, 0.29) is 5.56 Å². The van der Waals surface area contributed by atoms with Crippen LogP contribution in [0.1, 0.15) is 32.1 Å². The molecule has 0 saturated heterocycles. The fourth-order valence-electron chi connectivity index (χ4n) is 2.54. The molecule has 2 rings (SSSR count). The van der Waals surface area contributed by atoms with Crippen molar-refractivity contribution in [3.63, 3.8) is 0 Å². The predicted molar refractivity (Wildman–Crippen MR) is 84.4 cm³/mol. The number of methoxy groups -OCH3 is 1. The zero-order valence-corrected chi connectivity index (χ0v) is 13.8. The van der Waals surface area contributed by atoms with Gasteiger partial charge in [-0.25, -0.2) is 14.6 Å². The number of hydrogen-bond donors (Lipinski definition) is 1. The van der Waals surface area contributed by atoms with Crippen molar-refractivity contribution in [1.82, 2.24) is 4.98 Å². The number of halogens is 3. The maximum Gasteiger partial charge on any atom is 0.434 e. The summed E-state index contributed by atoms with van der Waals surface area (Å²) in [5.41, 5.74) is -5.39. The lowest BCUT2D eigenvalue weighted by Crippen LogP contribution is -2.21. The molecule has 0 aliphatic carbocycles. The number of benzene rings is 1. The molecule has 1 aromatic carbocycles. The first-order chi connectivity index (χ1) is 12.5. The van der Waals surface area contributed by atoms with Crippen molar-refractivity contribution < 1.29 is 37.5 Å².